The normalized spacial score (nSPS) is 25.4. The van der Waals surface area contributed by atoms with Gasteiger partial charge in [-0.05, 0) is 44.5 Å². The van der Waals surface area contributed by atoms with Gasteiger partial charge in [0.1, 0.15) is 0 Å². The number of amides is 1. The van der Waals surface area contributed by atoms with Gasteiger partial charge in [-0.2, -0.15) is 11.8 Å². The van der Waals surface area contributed by atoms with Gasteiger partial charge in [-0.15, -0.1) is 0 Å². The molecule has 0 spiro atoms. The molecule has 2 heterocycles. The van der Waals surface area contributed by atoms with Crippen molar-refractivity contribution in [2.75, 3.05) is 37.7 Å². The fraction of sp³-hybridized carbons (Fsp3) is 0.923. The van der Waals surface area contributed by atoms with Crippen LogP contribution in [0.5, 0.6) is 0 Å². The maximum atomic E-state index is 12.7. The molecule has 0 aliphatic carbocycles. The molecule has 98 valence electrons. The van der Waals surface area contributed by atoms with Gasteiger partial charge in [-0.25, -0.2) is 0 Å². The summed E-state index contributed by atoms with van der Waals surface area (Å²) in [7, 11) is 0. The molecule has 17 heavy (non-hydrogen) atoms. The van der Waals surface area contributed by atoms with E-state index in [2.05, 4.69) is 17.1 Å². The molecule has 0 unspecified atom stereocenters. The van der Waals surface area contributed by atoms with Gasteiger partial charge in [-0.1, -0.05) is 6.92 Å². The third-order valence-corrected chi connectivity index (χ3v) is 5.25. The van der Waals surface area contributed by atoms with Crippen LogP contribution in [0.4, 0.5) is 0 Å². The monoisotopic (exact) mass is 256 g/mol. The quantitative estimate of drug-likeness (QED) is 0.816. The van der Waals surface area contributed by atoms with Crippen molar-refractivity contribution in [1.82, 2.24) is 10.2 Å². The van der Waals surface area contributed by atoms with Crippen molar-refractivity contribution >= 4 is 17.7 Å². The van der Waals surface area contributed by atoms with Crippen LogP contribution in [-0.2, 0) is 4.79 Å². The van der Waals surface area contributed by atoms with Gasteiger partial charge in [-0.3, -0.25) is 4.79 Å². The predicted octanol–water partition coefficient (Wildman–Crippen LogP) is 1.73. The van der Waals surface area contributed by atoms with E-state index >= 15 is 0 Å². The molecule has 2 fully saturated rings. The summed E-state index contributed by atoms with van der Waals surface area (Å²) in [6.45, 7) is 6.11. The third-order valence-electron chi connectivity index (χ3n) is 4.20. The number of hydrogen-bond acceptors (Lipinski definition) is 3. The van der Waals surface area contributed by atoms with Crippen molar-refractivity contribution in [1.29, 1.82) is 0 Å². The average molecular weight is 256 g/mol. The van der Waals surface area contributed by atoms with Gasteiger partial charge in [0.2, 0.25) is 5.91 Å². The van der Waals surface area contributed by atoms with Crippen LogP contribution in [0, 0.1) is 5.41 Å². The van der Waals surface area contributed by atoms with E-state index in [1.54, 1.807) is 0 Å². The number of rotatable bonds is 2. The standard InChI is InChI=1S/C13H24N2OS/c1-2-13(4-6-14-7-5-13)12(16)15-8-3-10-17-11-9-15/h14H,2-11H2,1H3. The molecular weight excluding hydrogens is 232 g/mol. The molecule has 0 radical (unpaired) electrons. The van der Waals surface area contributed by atoms with Crippen molar-refractivity contribution in [3.05, 3.63) is 0 Å². The summed E-state index contributed by atoms with van der Waals surface area (Å²) in [5, 5.41) is 3.37. The number of thioether (sulfide) groups is 1. The van der Waals surface area contributed by atoms with E-state index in [1.165, 1.54) is 5.75 Å². The number of piperidine rings is 1. The van der Waals surface area contributed by atoms with E-state index in [9.17, 15) is 4.79 Å². The lowest BCUT2D eigenvalue weighted by Gasteiger charge is -2.39. The van der Waals surface area contributed by atoms with Gasteiger partial charge in [0.05, 0.1) is 5.41 Å². The summed E-state index contributed by atoms with van der Waals surface area (Å²) in [5.41, 5.74) is -0.0553. The molecule has 2 saturated heterocycles. The van der Waals surface area contributed by atoms with Crippen LogP contribution in [0.1, 0.15) is 32.6 Å². The second-order valence-corrected chi connectivity index (χ2v) is 6.37. The van der Waals surface area contributed by atoms with Crippen LogP contribution in [0.25, 0.3) is 0 Å². The minimum atomic E-state index is -0.0553. The highest BCUT2D eigenvalue weighted by atomic mass is 32.2. The number of nitrogens with zero attached hydrogens (tertiary/aromatic N) is 1. The van der Waals surface area contributed by atoms with Crippen LogP contribution < -0.4 is 5.32 Å². The third kappa shape index (κ3) is 2.97. The first-order chi connectivity index (χ1) is 8.28. The summed E-state index contributed by atoms with van der Waals surface area (Å²) in [6.07, 6.45) is 4.20. The van der Waals surface area contributed by atoms with Crippen LogP contribution in [0.3, 0.4) is 0 Å². The van der Waals surface area contributed by atoms with E-state index in [1.807, 2.05) is 11.8 Å². The van der Waals surface area contributed by atoms with Crippen molar-refractivity contribution in [2.24, 2.45) is 5.41 Å². The molecule has 2 aliphatic rings. The predicted molar refractivity (Wildman–Crippen MR) is 73.3 cm³/mol. The zero-order chi connectivity index (χ0) is 12.1. The molecule has 2 rings (SSSR count). The van der Waals surface area contributed by atoms with Crippen molar-refractivity contribution < 1.29 is 4.79 Å². The summed E-state index contributed by atoms with van der Waals surface area (Å²) in [6, 6.07) is 0. The van der Waals surface area contributed by atoms with E-state index in [0.29, 0.717) is 5.91 Å². The molecule has 0 atom stereocenters. The lowest BCUT2D eigenvalue weighted by Crippen LogP contribution is -2.49. The second kappa shape index (κ2) is 6.10. The Morgan fingerprint density at radius 2 is 2.06 bits per heavy atom. The van der Waals surface area contributed by atoms with Crippen molar-refractivity contribution in [2.45, 2.75) is 32.6 Å². The largest absolute Gasteiger partial charge is 0.341 e. The Balaban J connectivity index is 2.04. The minimum Gasteiger partial charge on any atom is -0.341 e. The Bertz CT molecular complexity index is 256. The van der Waals surface area contributed by atoms with E-state index in [-0.39, 0.29) is 5.41 Å². The smallest absolute Gasteiger partial charge is 0.228 e. The highest BCUT2D eigenvalue weighted by Gasteiger charge is 2.40. The lowest BCUT2D eigenvalue weighted by atomic mass is 9.75. The maximum absolute atomic E-state index is 12.7. The number of hydrogen-bond donors (Lipinski definition) is 1. The Hall–Kier alpha value is -0.220. The van der Waals surface area contributed by atoms with Crippen LogP contribution in [0.2, 0.25) is 0 Å². The summed E-state index contributed by atoms with van der Waals surface area (Å²) < 4.78 is 0. The van der Waals surface area contributed by atoms with Gasteiger partial charge in [0.15, 0.2) is 0 Å². The molecule has 1 N–H and O–H groups in total. The Morgan fingerprint density at radius 3 is 2.76 bits per heavy atom. The second-order valence-electron chi connectivity index (χ2n) is 5.14. The molecule has 0 saturated carbocycles. The number of carbonyl (C=O) groups is 1. The van der Waals surface area contributed by atoms with Gasteiger partial charge >= 0.3 is 0 Å². The first-order valence-corrected chi connectivity index (χ1v) is 8.02. The minimum absolute atomic E-state index is 0.0553. The molecule has 4 heteroatoms. The Labute approximate surface area is 109 Å². The van der Waals surface area contributed by atoms with E-state index in [0.717, 1.165) is 57.6 Å². The van der Waals surface area contributed by atoms with Crippen LogP contribution in [-0.4, -0.2) is 48.5 Å². The Morgan fingerprint density at radius 1 is 1.29 bits per heavy atom. The zero-order valence-electron chi connectivity index (χ0n) is 10.8. The van der Waals surface area contributed by atoms with E-state index in [4.69, 9.17) is 0 Å². The SMILES string of the molecule is CCC1(C(=O)N2CCCSCC2)CCNCC1. The van der Waals surface area contributed by atoms with Crippen molar-refractivity contribution in [3.8, 4) is 0 Å². The molecule has 0 aromatic rings. The Kier molecular flexibility index (Phi) is 4.74. The first kappa shape index (κ1) is 13.2. The van der Waals surface area contributed by atoms with Gasteiger partial charge in [0.25, 0.3) is 0 Å². The maximum Gasteiger partial charge on any atom is 0.228 e. The van der Waals surface area contributed by atoms with Gasteiger partial charge < -0.3 is 10.2 Å². The summed E-state index contributed by atoms with van der Waals surface area (Å²) >= 11 is 1.98. The number of carbonyl (C=O) groups excluding carboxylic acids is 1. The molecule has 3 nitrogen and oxygen atoms in total. The fourth-order valence-electron chi connectivity index (χ4n) is 2.91. The van der Waals surface area contributed by atoms with Crippen LogP contribution in [0.15, 0.2) is 0 Å². The fourth-order valence-corrected chi connectivity index (χ4v) is 3.80. The molecule has 1 amide bonds. The highest BCUT2D eigenvalue weighted by molar-refractivity contribution is 7.99. The molecular formula is C13H24N2OS. The summed E-state index contributed by atoms with van der Waals surface area (Å²) in [4.78, 5) is 14.9. The molecule has 0 aromatic heterocycles. The highest BCUT2D eigenvalue weighted by Crippen LogP contribution is 2.35. The zero-order valence-corrected chi connectivity index (χ0v) is 11.7. The number of nitrogens with one attached hydrogen (secondary N) is 1. The average Bonchev–Trinajstić information content (AvgIpc) is 2.67. The van der Waals surface area contributed by atoms with Crippen molar-refractivity contribution in [3.63, 3.8) is 0 Å². The molecule has 0 aromatic carbocycles. The van der Waals surface area contributed by atoms with Gasteiger partial charge in [0, 0.05) is 18.8 Å². The molecule has 2 aliphatic heterocycles. The van der Waals surface area contributed by atoms with E-state index < -0.39 is 0 Å². The van der Waals surface area contributed by atoms with Crippen LogP contribution >= 0.6 is 11.8 Å². The lowest BCUT2D eigenvalue weighted by molar-refractivity contribution is -0.143. The first-order valence-electron chi connectivity index (χ1n) is 6.86. The summed E-state index contributed by atoms with van der Waals surface area (Å²) in [5.74, 6) is 2.76. The molecule has 0 bridgehead atoms. The topological polar surface area (TPSA) is 32.3 Å².